The third-order valence-electron chi connectivity index (χ3n) is 4.73. The zero-order valence-electron chi connectivity index (χ0n) is 14.2. The van der Waals surface area contributed by atoms with Gasteiger partial charge in [0.25, 0.3) is 0 Å². The summed E-state index contributed by atoms with van der Waals surface area (Å²) >= 11 is 0. The fourth-order valence-electron chi connectivity index (χ4n) is 3.31. The van der Waals surface area contributed by atoms with E-state index in [2.05, 4.69) is 11.1 Å². The molecule has 3 rings (SSSR count). The van der Waals surface area contributed by atoms with Crippen molar-refractivity contribution in [2.24, 2.45) is 5.92 Å². The van der Waals surface area contributed by atoms with Crippen LogP contribution in [-0.4, -0.2) is 46.7 Å². The number of amides is 2. The first-order valence-electron chi connectivity index (χ1n) is 8.39. The molecule has 0 N–H and O–H groups in total. The molecule has 0 saturated carbocycles. The predicted octanol–water partition coefficient (Wildman–Crippen LogP) is 2.45. The van der Waals surface area contributed by atoms with Crippen LogP contribution in [0.2, 0.25) is 0 Å². The lowest BCUT2D eigenvalue weighted by atomic mass is 9.95. The van der Waals surface area contributed by atoms with E-state index in [0.29, 0.717) is 19.6 Å². The second kappa shape index (κ2) is 6.99. The summed E-state index contributed by atoms with van der Waals surface area (Å²) in [7, 11) is 1.84. The van der Waals surface area contributed by atoms with Gasteiger partial charge in [-0.3, -0.25) is 14.6 Å². The number of carbonyl (C=O) groups is 2. The first-order valence-corrected chi connectivity index (χ1v) is 8.39. The molecule has 0 atom stereocenters. The average molecular weight is 325 g/mol. The number of benzene rings is 1. The molecule has 0 radical (unpaired) electrons. The van der Waals surface area contributed by atoms with Gasteiger partial charge in [-0.15, -0.1) is 0 Å². The molecular weight excluding hydrogens is 302 g/mol. The average Bonchev–Trinajstić information content (AvgIpc) is 2.61. The van der Waals surface area contributed by atoms with E-state index in [1.165, 1.54) is 0 Å². The summed E-state index contributed by atoms with van der Waals surface area (Å²) in [6, 6.07) is 10.1. The Morgan fingerprint density at radius 2 is 1.96 bits per heavy atom. The normalized spacial score (nSPS) is 15.5. The molecule has 1 aromatic carbocycles. The number of nitrogens with zero attached hydrogens (tertiary/aromatic N) is 3. The number of piperidine rings is 1. The van der Waals surface area contributed by atoms with Gasteiger partial charge in [-0.05, 0) is 30.5 Å². The number of hydrogen-bond acceptors (Lipinski definition) is 3. The van der Waals surface area contributed by atoms with Crippen LogP contribution in [0, 0.1) is 5.92 Å². The maximum absolute atomic E-state index is 12.6. The van der Waals surface area contributed by atoms with E-state index in [4.69, 9.17) is 0 Å². The number of pyridine rings is 1. The van der Waals surface area contributed by atoms with Crippen LogP contribution >= 0.6 is 0 Å². The Balaban J connectivity index is 1.62. The maximum Gasteiger partial charge on any atom is 0.225 e. The Bertz CT molecular complexity index is 751. The Hall–Kier alpha value is -2.43. The number of aromatic nitrogens is 1. The Morgan fingerprint density at radius 3 is 2.67 bits per heavy atom. The van der Waals surface area contributed by atoms with Gasteiger partial charge in [0.2, 0.25) is 11.8 Å². The summed E-state index contributed by atoms with van der Waals surface area (Å²) in [6.45, 7) is 3.50. The van der Waals surface area contributed by atoms with E-state index in [0.717, 1.165) is 29.3 Å². The van der Waals surface area contributed by atoms with E-state index in [9.17, 15) is 9.59 Å². The summed E-state index contributed by atoms with van der Waals surface area (Å²) in [4.78, 5) is 32.1. The van der Waals surface area contributed by atoms with Crippen LogP contribution in [0.25, 0.3) is 10.9 Å². The molecule has 0 bridgehead atoms. The predicted molar refractivity (Wildman–Crippen MR) is 93.2 cm³/mol. The highest BCUT2D eigenvalue weighted by molar-refractivity contribution is 5.80. The van der Waals surface area contributed by atoms with E-state index < -0.39 is 0 Å². The van der Waals surface area contributed by atoms with E-state index in [1.54, 1.807) is 11.8 Å². The first-order chi connectivity index (χ1) is 11.5. The van der Waals surface area contributed by atoms with Crippen LogP contribution in [0.15, 0.2) is 36.5 Å². The van der Waals surface area contributed by atoms with Crippen molar-refractivity contribution in [2.75, 3.05) is 20.1 Å². The summed E-state index contributed by atoms with van der Waals surface area (Å²) in [5, 5.41) is 1.09. The minimum atomic E-state index is 0.0130. The zero-order valence-corrected chi connectivity index (χ0v) is 14.2. The molecule has 0 unspecified atom stereocenters. The van der Waals surface area contributed by atoms with Gasteiger partial charge in [-0.1, -0.05) is 18.2 Å². The second-order valence-corrected chi connectivity index (χ2v) is 6.51. The number of para-hydroxylation sites is 1. The first kappa shape index (κ1) is 16.4. The largest absolute Gasteiger partial charge is 0.343 e. The minimum Gasteiger partial charge on any atom is -0.343 e. The van der Waals surface area contributed by atoms with Gasteiger partial charge in [-0.2, -0.15) is 0 Å². The molecule has 24 heavy (non-hydrogen) atoms. The van der Waals surface area contributed by atoms with Crippen molar-refractivity contribution < 1.29 is 9.59 Å². The fraction of sp³-hybridized carbons (Fsp3) is 0.421. The topological polar surface area (TPSA) is 53.5 Å². The van der Waals surface area contributed by atoms with Crippen molar-refractivity contribution in [3.63, 3.8) is 0 Å². The van der Waals surface area contributed by atoms with E-state index >= 15 is 0 Å². The van der Waals surface area contributed by atoms with Crippen molar-refractivity contribution in [3.8, 4) is 0 Å². The Morgan fingerprint density at radius 1 is 1.25 bits per heavy atom. The smallest absolute Gasteiger partial charge is 0.225 e. The summed E-state index contributed by atoms with van der Waals surface area (Å²) in [6.07, 6.45) is 3.34. The van der Waals surface area contributed by atoms with Crippen LogP contribution < -0.4 is 0 Å². The fourth-order valence-corrected chi connectivity index (χ4v) is 3.31. The van der Waals surface area contributed by atoms with Crippen molar-refractivity contribution in [1.29, 1.82) is 0 Å². The molecule has 2 aromatic rings. The SMILES string of the molecule is CC(=O)N1CCC(C(=O)N(C)Cc2cnc3ccccc3c2)CC1. The Labute approximate surface area is 142 Å². The molecule has 2 heterocycles. The van der Waals surface area contributed by atoms with E-state index in [-0.39, 0.29) is 17.7 Å². The maximum atomic E-state index is 12.6. The highest BCUT2D eigenvalue weighted by Gasteiger charge is 2.28. The standard InChI is InChI=1S/C19H23N3O2/c1-14(23)22-9-7-16(8-10-22)19(24)21(2)13-15-11-17-5-3-4-6-18(17)20-12-15/h3-6,11-12,16H,7-10,13H2,1-2H3. The number of fused-ring (bicyclic) bond motifs is 1. The highest BCUT2D eigenvalue weighted by Crippen LogP contribution is 2.21. The molecule has 126 valence electrons. The zero-order chi connectivity index (χ0) is 17.1. The highest BCUT2D eigenvalue weighted by atomic mass is 16.2. The van der Waals surface area contributed by atoms with E-state index in [1.807, 2.05) is 42.4 Å². The van der Waals surface area contributed by atoms with Gasteiger partial charge >= 0.3 is 0 Å². The quantitative estimate of drug-likeness (QED) is 0.871. The molecule has 5 heteroatoms. The molecule has 1 saturated heterocycles. The molecule has 1 aromatic heterocycles. The lowest BCUT2D eigenvalue weighted by Crippen LogP contribution is -2.42. The van der Waals surface area contributed by atoms with Gasteiger partial charge in [0.15, 0.2) is 0 Å². The van der Waals surface area contributed by atoms with Crippen LogP contribution in [0.1, 0.15) is 25.3 Å². The van der Waals surface area contributed by atoms with Gasteiger partial charge in [0.05, 0.1) is 5.52 Å². The summed E-state index contributed by atoms with van der Waals surface area (Å²) in [5.74, 6) is 0.266. The molecule has 5 nitrogen and oxygen atoms in total. The van der Waals surface area contributed by atoms with Gasteiger partial charge in [-0.25, -0.2) is 0 Å². The summed E-state index contributed by atoms with van der Waals surface area (Å²) < 4.78 is 0. The van der Waals surface area contributed by atoms with Gasteiger partial charge < -0.3 is 9.80 Å². The van der Waals surface area contributed by atoms with Crippen LogP contribution in [0.5, 0.6) is 0 Å². The van der Waals surface area contributed by atoms with Crippen LogP contribution in [0.4, 0.5) is 0 Å². The molecule has 2 amide bonds. The van der Waals surface area contributed by atoms with Crippen molar-refractivity contribution >= 4 is 22.7 Å². The molecule has 0 aliphatic carbocycles. The van der Waals surface area contributed by atoms with Crippen LogP contribution in [0.3, 0.4) is 0 Å². The lowest BCUT2D eigenvalue weighted by Gasteiger charge is -2.32. The number of rotatable bonds is 3. The molecule has 1 aliphatic rings. The molecule has 1 fully saturated rings. The van der Waals surface area contributed by atoms with Crippen LogP contribution in [-0.2, 0) is 16.1 Å². The number of carbonyl (C=O) groups excluding carboxylic acids is 2. The van der Waals surface area contributed by atoms with Crippen molar-refractivity contribution in [3.05, 3.63) is 42.1 Å². The third-order valence-corrected chi connectivity index (χ3v) is 4.73. The van der Waals surface area contributed by atoms with Crippen molar-refractivity contribution in [2.45, 2.75) is 26.3 Å². The summed E-state index contributed by atoms with van der Waals surface area (Å²) in [5.41, 5.74) is 2.00. The molecule has 0 spiro atoms. The van der Waals surface area contributed by atoms with Crippen molar-refractivity contribution in [1.82, 2.24) is 14.8 Å². The number of likely N-dealkylation sites (tertiary alicyclic amines) is 1. The van der Waals surface area contributed by atoms with Gasteiger partial charge in [0.1, 0.15) is 0 Å². The molecular formula is C19H23N3O2. The lowest BCUT2D eigenvalue weighted by molar-refractivity contribution is -0.139. The third kappa shape index (κ3) is 3.55. The monoisotopic (exact) mass is 325 g/mol. The second-order valence-electron chi connectivity index (χ2n) is 6.51. The Kier molecular flexibility index (Phi) is 4.79. The number of hydrogen-bond donors (Lipinski definition) is 0. The van der Waals surface area contributed by atoms with Gasteiger partial charge in [0, 0.05) is 51.1 Å². The minimum absolute atomic E-state index is 0.0130. The molecule has 1 aliphatic heterocycles.